The fraction of sp³-hybridized carbons (Fsp3) is 0.857. The highest BCUT2D eigenvalue weighted by molar-refractivity contribution is 5.77. The van der Waals surface area contributed by atoms with Crippen LogP contribution in [0.4, 0.5) is 0 Å². The van der Waals surface area contributed by atoms with Gasteiger partial charge in [0.05, 0.1) is 0 Å². The van der Waals surface area contributed by atoms with Gasteiger partial charge in [0.25, 0.3) is 0 Å². The zero-order valence-corrected chi connectivity index (χ0v) is 12.7. The molecule has 6 nitrogen and oxygen atoms in total. The van der Waals surface area contributed by atoms with Crippen LogP contribution in [-0.4, -0.2) is 97.4 Å². The number of carbonyl (C=O) groups excluding carboxylic acids is 2. The van der Waals surface area contributed by atoms with Crippen molar-refractivity contribution >= 4 is 11.8 Å². The Balaban J connectivity index is 1.67. The Morgan fingerprint density at radius 1 is 0.850 bits per heavy atom. The van der Waals surface area contributed by atoms with Crippen molar-refractivity contribution in [3.8, 4) is 0 Å². The van der Waals surface area contributed by atoms with Crippen molar-refractivity contribution in [2.45, 2.75) is 13.3 Å². The number of carbonyl (C=O) groups is 2. The maximum Gasteiger partial charge on any atom is 0.223 e. The summed E-state index contributed by atoms with van der Waals surface area (Å²) in [5, 5.41) is 0. The Labute approximate surface area is 121 Å². The van der Waals surface area contributed by atoms with Gasteiger partial charge in [0.1, 0.15) is 0 Å². The van der Waals surface area contributed by atoms with Crippen LogP contribution < -0.4 is 0 Å². The Kier molecular flexibility index (Phi) is 5.37. The van der Waals surface area contributed by atoms with Crippen molar-refractivity contribution in [3.63, 3.8) is 0 Å². The average molecular weight is 282 g/mol. The van der Waals surface area contributed by atoms with Crippen LogP contribution in [0.2, 0.25) is 0 Å². The SMILES string of the molecule is CC(=O)N1CCN(C(=O)CCN2CCN(C)CC2)CC1. The summed E-state index contributed by atoms with van der Waals surface area (Å²) in [6.07, 6.45) is 0.601. The molecule has 0 aliphatic carbocycles. The molecular weight excluding hydrogens is 256 g/mol. The van der Waals surface area contributed by atoms with Gasteiger partial charge in [0.15, 0.2) is 0 Å². The van der Waals surface area contributed by atoms with E-state index in [1.165, 1.54) is 0 Å². The van der Waals surface area contributed by atoms with Gasteiger partial charge < -0.3 is 19.6 Å². The molecule has 2 saturated heterocycles. The van der Waals surface area contributed by atoms with Gasteiger partial charge in [-0.05, 0) is 7.05 Å². The van der Waals surface area contributed by atoms with Gasteiger partial charge in [-0.25, -0.2) is 0 Å². The first-order chi connectivity index (χ1) is 9.56. The quantitative estimate of drug-likeness (QED) is 0.688. The van der Waals surface area contributed by atoms with Gasteiger partial charge >= 0.3 is 0 Å². The van der Waals surface area contributed by atoms with Crippen molar-refractivity contribution in [2.24, 2.45) is 0 Å². The van der Waals surface area contributed by atoms with Crippen LogP contribution in [0.3, 0.4) is 0 Å². The summed E-state index contributed by atoms with van der Waals surface area (Å²) in [6, 6.07) is 0. The molecule has 0 aromatic heterocycles. The van der Waals surface area contributed by atoms with Gasteiger partial charge in [-0.2, -0.15) is 0 Å². The van der Waals surface area contributed by atoms with Crippen molar-refractivity contribution < 1.29 is 9.59 Å². The highest BCUT2D eigenvalue weighted by Crippen LogP contribution is 2.06. The lowest BCUT2D eigenvalue weighted by molar-refractivity contribution is -0.138. The normalized spacial score (nSPS) is 22.1. The lowest BCUT2D eigenvalue weighted by Crippen LogP contribution is -2.51. The van der Waals surface area contributed by atoms with E-state index >= 15 is 0 Å². The maximum absolute atomic E-state index is 12.2. The molecule has 0 aromatic carbocycles. The van der Waals surface area contributed by atoms with E-state index in [0.29, 0.717) is 32.6 Å². The molecule has 2 heterocycles. The number of amides is 2. The first-order valence-corrected chi connectivity index (χ1v) is 7.50. The monoisotopic (exact) mass is 282 g/mol. The topological polar surface area (TPSA) is 47.1 Å². The predicted octanol–water partition coefficient (Wildman–Crippen LogP) is -0.685. The summed E-state index contributed by atoms with van der Waals surface area (Å²) >= 11 is 0. The summed E-state index contributed by atoms with van der Waals surface area (Å²) in [4.78, 5) is 31.8. The summed E-state index contributed by atoms with van der Waals surface area (Å²) in [5.41, 5.74) is 0. The molecule has 2 aliphatic heterocycles. The average Bonchev–Trinajstić information content (AvgIpc) is 2.46. The van der Waals surface area contributed by atoms with E-state index in [9.17, 15) is 9.59 Å². The second-order valence-corrected chi connectivity index (χ2v) is 5.78. The smallest absolute Gasteiger partial charge is 0.223 e. The molecule has 0 atom stereocenters. The molecule has 2 rings (SSSR count). The Morgan fingerprint density at radius 3 is 1.95 bits per heavy atom. The minimum Gasteiger partial charge on any atom is -0.339 e. The molecule has 114 valence electrons. The predicted molar refractivity (Wildman–Crippen MR) is 77.4 cm³/mol. The minimum absolute atomic E-state index is 0.106. The highest BCUT2D eigenvalue weighted by atomic mass is 16.2. The van der Waals surface area contributed by atoms with Crippen LogP contribution in [0, 0.1) is 0 Å². The fourth-order valence-electron chi connectivity index (χ4n) is 2.75. The summed E-state index contributed by atoms with van der Waals surface area (Å²) in [5.74, 6) is 0.335. The van der Waals surface area contributed by atoms with Gasteiger partial charge in [-0.1, -0.05) is 0 Å². The fourth-order valence-corrected chi connectivity index (χ4v) is 2.75. The van der Waals surface area contributed by atoms with Gasteiger partial charge in [-0.3, -0.25) is 9.59 Å². The van der Waals surface area contributed by atoms with Crippen molar-refractivity contribution in [1.82, 2.24) is 19.6 Å². The van der Waals surface area contributed by atoms with Crippen LogP contribution in [0.15, 0.2) is 0 Å². The first-order valence-electron chi connectivity index (χ1n) is 7.50. The lowest BCUT2D eigenvalue weighted by atomic mass is 10.2. The van der Waals surface area contributed by atoms with Crippen LogP contribution in [0.5, 0.6) is 0 Å². The molecule has 2 aliphatic rings. The van der Waals surface area contributed by atoms with Crippen LogP contribution in [-0.2, 0) is 9.59 Å². The van der Waals surface area contributed by atoms with E-state index in [-0.39, 0.29) is 11.8 Å². The first kappa shape index (κ1) is 15.3. The molecule has 0 unspecified atom stereocenters. The molecule has 0 N–H and O–H groups in total. The van der Waals surface area contributed by atoms with E-state index in [1.807, 2.05) is 9.80 Å². The van der Waals surface area contributed by atoms with E-state index in [0.717, 1.165) is 32.7 Å². The van der Waals surface area contributed by atoms with E-state index in [4.69, 9.17) is 0 Å². The van der Waals surface area contributed by atoms with Gasteiger partial charge in [-0.15, -0.1) is 0 Å². The van der Waals surface area contributed by atoms with Gasteiger partial charge in [0, 0.05) is 72.2 Å². The molecule has 0 spiro atoms. The van der Waals surface area contributed by atoms with Crippen molar-refractivity contribution in [2.75, 3.05) is 66.0 Å². The third-order valence-electron chi connectivity index (χ3n) is 4.32. The molecular formula is C14H26N4O2. The Hall–Kier alpha value is -1.14. The van der Waals surface area contributed by atoms with Crippen LogP contribution in [0.25, 0.3) is 0 Å². The summed E-state index contributed by atoms with van der Waals surface area (Å²) < 4.78 is 0. The van der Waals surface area contributed by atoms with E-state index < -0.39 is 0 Å². The number of hydrogen-bond donors (Lipinski definition) is 0. The number of piperazine rings is 2. The van der Waals surface area contributed by atoms with Crippen LogP contribution >= 0.6 is 0 Å². The zero-order chi connectivity index (χ0) is 14.5. The van der Waals surface area contributed by atoms with E-state index in [2.05, 4.69) is 16.8 Å². The summed E-state index contributed by atoms with van der Waals surface area (Å²) in [6.45, 7) is 9.46. The Morgan fingerprint density at radius 2 is 1.40 bits per heavy atom. The molecule has 0 radical (unpaired) electrons. The highest BCUT2D eigenvalue weighted by Gasteiger charge is 2.23. The largest absolute Gasteiger partial charge is 0.339 e. The number of hydrogen-bond acceptors (Lipinski definition) is 4. The standard InChI is InChI=1S/C14H26N4O2/c1-13(19)17-9-11-18(12-10-17)14(20)3-4-16-7-5-15(2)6-8-16/h3-12H2,1-2H3. The Bertz CT molecular complexity index is 345. The molecule has 0 aromatic rings. The third kappa shape index (κ3) is 4.18. The molecule has 20 heavy (non-hydrogen) atoms. The van der Waals surface area contributed by atoms with Crippen molar-refractivity contribution in [3.05, 3.63) is 0 Å². The number of rotatable bonds is 3. The maximum atomic E-state index is 12.2. The lowest BCUT2D eigenvalue weighted by Gasteiger charge is -2.35. The van der Waals surface area contributed by atoms with Gasteiger partial charge in [0.2, 0.25) is 11.8 Å². The minimum atomic E-state index is 0.106. The summed E-state index contributed by atoms with van der Waals surface area (Å²) in [7, 11) is 2.14. The zero-order valence-electron chi connectivity index (χ0n) is 12.7. The molecule has 0 bridgehead atoms. The molecule has 0 saturated carbocycles. The third-order valence-corrected chi connectivity index (χ3v) is 4.32. The van der Waals surface area contributed by atoms with Crippen LogP contribution in [0.1, 0.15) is 13.3 Å². The number of likely N-dealkylation sites (N-methyl/N-ethyl adjacent to an activating group) is 1. The molecule has 2 amide bonds. The van der Waals surface area contributed by atoms with E-state index in [1.54, 1.807) is 6.92 Å². The number of nitrogens with zero attached hydrogens (tertiary/aromatic N) is 4. The van der Waals surface area contributed by atoms with Crippen molar-refractivity contribution in [1.29, 1.82) is 0 Å². The second kappa shape index (κ2) is 7.04. The molecule has 2 fully saturated rings. The molecule has 6 heteroatoms. The second-order valence-electron chi connectivity index (χ2n) is 5.78.